The van der Waals surface area contributed by atoms with Crippen LogP contribution in [0.25, 0.3) is 10.9 Å². The number of fused-ring (bicyclic) bond motifs is 1. The van der Waals surface area contributed by atoms with Crippen LogP contribution in [0.4, 0.5) is 5.69 Å². The van der Waals surface area contributed by atoms with Crippen molar-refractivity contribution in [1.29, 1.82) is 0 Å². The molecule has 1 N–H and O–H groups in total. The number of nitrogens with zero attached hydrogens (tertiary/aromatic N) is 1. The number of sulfonamides is 1. The monoisotopic (exact) mass is 344 g/mol. The van der Waals surface area contributed by atoms with Crippen molar-refractivity contribution < 1.29 is 17.9 Å². The van der Waals surface area contributed by atoms with Gasteiger partial charge in [-0.15, -0.1) is 0 Å². The molecule has 0 atom stereocenters. The van der Waals surface area contributed by atoms with Crippen molar-refractivity contribution in [3.63, 3.8) is 0 Å². The van der Waals surface area contributed by atoms with Gasteiger partial charge in [-0.3, -0.25) is 9.71 Å². The second-order valence-corrected chi connectivity index (χ2v) is 6.69. The van der Waals surface area contributed by atoms with E-state index in [-0.39, 0.29) is 4.90 Å². The molecule has 6 nitrogen and oxygen atoms in total. The summed E-state index contributed by atoms with van der Waals surface area (Å²) in [6.07, 6.45) is 1.62. The van der Waals surface area contributed by atoms with Gasteiger partial charge in [-0.05, 0) is 24.3 Å². The number of para-hydroxylation sites is 1. The fourth-order valence-electron chi connectivity index (χ4n) is 2.37. The van der Waals surface area contributed by atoms with Crippen molar-refractivity contribution in [2.75, 3.05) is 18.9 Å². The van der Waals surface area contributed by atoms with Crippen LogP contribution in [0.1, 0.15) is 0 Å². The van der Waals surface area contributed by atoms with Crippen molar-refractivity contribution in [1.82, 2.24) is 4.98 Å². The molecule has 1 aromatic heterocycles. The predicted octanol–water partition coefficient (Wildman–Crippen LogP) is 3.05. The number of aromatic nitrogens is 1. The highest BCUT2D eigenvalue weighted by Gasteiger charge is 2.18. The summed E-state index contributed by atoms with van der Waals surface area (Å²) < 4.78 is 38.2. The van der Waals surface area contributed by atoms with Crippen LogP contribution in [-0.4, -0.2) is 27.6 Å². The number of rotatable bonds is 5. The molecule has 2 aromatic carbocycles. The fourth-order valence-corrected chi connectivity index (χ4v) is 3.46. The average Bonchev–Trinajstić information content (AvgIpc) is 2.61. The molecule has 0 fully saturated rings. The van der Waals surface area contributed by atoms with E-state index in [2.05, 4.69) is 9.71 Å². The third-order valence-corrected chi connectivity index (χ3v) is 4.91. The number of anilines is 1. The van der Waals surface area contributed by atoms with E-state index in [9.17, 15) is 8.42 Å². The molecule has 24 heavy (non-hydrogen) atoms. The molecule has 0 aliphatic rings. The Labute approximate surface area is 140 Å². The number of ether oxygens (including phenoxy) is 2. The maximum atomic E-state index is 12.7. The van der Waals surface area contributed by atoms with Crippen molar-refractivity contribution in [3.05, 3.63) is 54.7 Å². The minimum absolute atomic E-state index is 0.0769. The molecule has 3 aromatic rings. The maximum Gasteiger partial charge on any atom is 0.262 e. The minimum atomic E-state index is -3.79. The van der Waals surface area contributed by atoms with E-state index in [1.54, 1.807) is 30.5 Å². The van der Waals surface area contributed by atoms with Crippen LogP contribution in [0.3, 0.4) is 0 Å². The summed E-state index contributed by atoms with van der Waals surface area (Å²) in [6, 6.07) is 13.4. The molecule has 0 saturated carbocycles. The quantitative estimate of drug-likeness (QED) is 0.770. The third kappa shape index (κ3) is 2.98. The standard InChI is InChI=1S/C17H16N2O4S/c1-22-15-9-8-13(11-16(15)23-2)24(20,21)19-14-7-3-5-12-6-4-10-18-17(12)14/h3-11,19H,1-2H3. The Hall–Kier alpha value is -2.80. The summed E-state index contributed by atoms with van der Waals surface area (Å²) >= 11 is 0. The summed E-state index contributed by atoms with van der Waals surface area (Å²) in [5.41, 5.74) is 1.01. The van der Waals surface area contributed by atoms with Gasteiger partial charge in [0.1, 0.15) is 0 Å². The summed E-state index contributed by atoms with van der Waals surface area (Å²) in [5, 5.41) is 0.852. The first-order valence-electron chi connectivity index (χ1n) is 7.14. The highest BCUT2D eigenvalue weighted by molar-refractivity contribution is 7.92. The Kier molecular flexibility index (Phi) is 4.26. The second kappa shape index (κ2) is 6.37. The van der Waals surface area contributed by atoms with Gasteiger partial charge in [0, 0.05) is 17.6 Å². The summed E-state index contributed by atoms with van der Waals surface area (Å²) in [6.45, 7) is 0. The lowest BCUT2D eigenvalue weighted by Crippen LogP contribution is -2.13. The zero-order valence-electron chi connectivity index (χ0n) is 13.2. The van der Waals surface area contributed by atoms with Crippen molar-refractivity contribution in [2.24, 2.45) is 0 Å². The fraction of sp³-hybridized carbons (Fsp3) is 0.118. The van der Waals surface area contributed by atoms with E-state index in [1.807, 2.05) is 12.1 Å². The van der Waals surface area contributed by atoms with Crippen molar-refractivity contribution in [3.8, 4) is 11.5 Å². The largest absolute Gasteiger partial charge is 0.493 e. The highest BCUT2D eigenvalue weighted by Crippen LogP contribution is 2.31. The van der Waals surface area contributed by atoms with Crippen LogP contribution in [0.5, 0.6) is 11.5 Å². The van der Waals surface area contributed by atoms with E-state index in [0.29, 0.717) is 22.7 Å². The molecule has 0 spiro atoms. The first-order valence-corrected chi connectivity index (χ1v) is 8.62. The summed E-state index contributed by atoms with van der Waals surface area (Å²) in [7, 11) is -0.841. The van der Waals surface area contributed by atoms with E-state index >= 15 is 0 Å². The zero-order valence-corrected chi connectivity index (χ0v) is 14.0. The van der Waals surface area contributed by atoms with Gasteiger partial charge in [-0.2, -0.15) is 0 Å². The molecule has 7 heteroatoms. The Morgan fingerprint density at radius 1 is 0.958 bits per heavy atom. The minimum Gasteiger partial charge on any atom is -0.493 e. The molecule has 0 radical (unpaired) electrons. The molecule has 0 amide bonds. The van der Waals surface area contributed by atoms with Crippen LogP contribution in [0, 0.1) is 0 Å². The molecular weight excluding hydrogens is 328 g/mol. The summed E-state index contributed by atoms with van der Waals surface area (Å²) in [4.78, 5) is 4.33. The van der Waals surface area contributed by atoms with Gasteiger partial charge in [0.05, 0.1) is 30.3 Å². The molecule has 0 aliphatic carbocycles. The Balaban J connectivity index is 2.02. The SMILES string of the molecule is COc1ccc(S(=O)(=O)Nc2cccc3cccnc23)cc1OC. The van der Waals surface area contributed by atoms with Gasteiger partial charge < -0.3 is 9.47 Å². The molecule has 0 aliphatic heterocycles. The second-order valence-electron chi connectivity index (χ2n) is 5.00. The van der Waals surface area contributed by atoms with Gasteiger partial charge in [-0.1, -0.05) is 18.2 Å². The molecule has 1 heterocycles. The van der Waals surface area contributed by atoms with E-state index in [1.165, 1.54) is 26.4 Å². The Bertz CT molecular complexity index is 982. The van der Waals surface area contributed by atoms with Crippen LogP contribution in [0.15, 0.2) is 59.6 Å². The molecule has 0 saturated heterocycles. The molecule has 0 unspecified atom stereocenters. The van der Waals surface area contributed by atoms with Crippen LogP contribution in [-0.2, 0) is 10.0 Å². The lowest BCUT2D eigenvalue weighted by Gasteiger charge is -2.12. The van der Waals surface area contributed by atoms with E-state index in [0.717, 1.165) is 5.39 Å². The number of benzene rings is 2. The summed E-state index contributed by atoms with van der Waals surface area (Å²) in [5.74, 6) is 0.805. The number of methoxy groups -OCH3 is 2. The van der Waals surface area contributed by atoms with Crippen molar-refractivity contribution in [2.45, 2.75) is 4.90 Å². The number of hydrogen-bond acceptors (Lipinski definition) is 5. The number of pyridine rings is 1. The lowest BCUT2D eigenvalue weighted by molar-refractivity contribution is 0.354. The highest BCUT2D eigenvalue weighted by atomic mass is 32.2. The smallest absolute Gasteiger partial charge is 0.262 e. The van der Waals surface area contributed by atoms with Crippen LogP contribution < -0.4 is 14.2 Å². The Morgan fingerprint density at radius 3 is 2.46 bits per heavy atom. The number of nitrogens with one attached hydrogen (secondary N) is 1. The van der Waals surface area contributed by atoms with Crippen LogP contribution >= 0.6 is 0 Å². The van der Waals surface area contributed by atoms with Gasteiger partial charge >= 0.3 is 0 Å². The number of hydrogen-bond donors (Lipinski definition) is 1. The zero-order chi connectivity index (χ0) is 17.2. The van der Waals surface area contributed by atoms with Gasteiger partial charge in [0.2, 0.25) is 0 Å². The topological polar surface area (TPSA) is 77.5 Å². The molecule has 3 rings (SSSR count). The van der Waals surface area contributed by atoms with E-state index in [4.69, 9.17) is 9.47 Å². The predicted molar refractivity (Wildman–Crippen MR) is 92.1 cm³/mol. The molecule has 124 valence electrons. The first-order chi connectivity index (χ1) is 11.5. The van der Waals surface area contributed by atoms with Crippen LogP contribution in [0.2, 0.25) is 0 Å². The van der Waals surface area contributed by atoms with Gasteiger partial charge in [0.25, 0.3) is 10.0 Å². The Morgan fingerprint density at radius 2 is 1.71 bits per heavy atom. The van der Waals surface area contributed by atoms with E-state index < -0.39 is 10.0 Å². The molecular formula is C17H16N2O4S. The van der Waals surface area contributed by atoms with Gasteiger partial charge in [0.15, 0.2) is 11.5 Å². The van der Waals surface area contributed by atoms with Crippen molar-refractivity contribution >= 4 is 26.6 Å². The average molecular weight is 344 g/mol. The third-order valence-electron chi connectivity index (χ3n) is 3.54. The normalized spacial score (nSPS) is 11.2. The van der Waals surface area contributed by atoms with Gasteiger partial charge in [-0.25, -0.2) is 8.42 Å². The molecule has 0 bridgehead atoms. The first kappa shape index (κ1) is 16.1. The maximum absolute atomic E-state index is 12.7. The lowest BCUT2D eigenvalue weighted by atomic mass is 10.2.